The van der Waals surface area contributed by atoms with Gasteiger partial charge in [0.05, 0.1) is 0 Å². The standard InChI is InChI=1S/C68H62BN3Se/c1-67(2,3)45-37-53(43-21-9-7-10-22-43)66(54(38-45)44-23-11-8-12-24-44)72-61-41-47(70-57-29-17-13-25-49(57)50-26-14-18-30-58(50)70)33-35-55(61)69-56-36-34-48(71-59-31-19-15-27-51(59)52-28-16-20-32-60(52)71)42-63(56)73-64-40-46(68(4,5)6)39-62(72)65(64)69/h7-13,15,17,19,21-25,27,29,31,33-42H,14,16,18,20,26,28,30,32H2,1-6H3. The first-order valence-corrected chi connectivity index (χ1v) is 28.7. The fourth-order valence-electron chi connectivity index (χ4n) is 13.2. The summed E-state index contributed by atoms with van der Waals surface area (Å²) in [6.07, 6.45) is 9.52. The minimum atomic E-state index is -0.0835. The van der Waals surface area contributed by atoms with E-state index in [4.69, 9.17) is 0 Å². The van der Waals surface area contributed by atoms with Crippen LogP contribution in [-0.2, 0) is 36.5 Å². The fraction of sp³-hybridized carbons (Fsp3) is 0.235. The van der Waals surface area contributed by atoms with Crippen LogP contribution in [0.5, 0.6) is 0 Å². The summed E-state index contributed by atoms with van der Waals surface area (Å²) in [5.41, 5.74) is 27.0. The van der Waals surface area contributed by atoms with Gasteiger partial charge in [0, 0.05) is 0 Å². The molecule has 0 amide bonds. The van der Waals surface area contributed by atoms with Crippen molar-refractivity contribution in [1.82, 2.24) is 9.13 Å². The molecule has 0 unspecified atom stereocenters. The Morgan fingerprint density at radius 1 is 0.438 bits per heavy atom. The molecule has 0 saturated carbocycles. The Labute approximate surface area is 438 Å². The van der Waals surface area contributed by atoms with Gasteiger partial charge in [0.2, 0.25) is 0 Å². The molecule has 4 aliphatic rings. The van der Waals surface area contributed by atoms with E-state index >= 15 is 0 Å². The van der Waals surface area contributed by atoms with Crippen molar-refractivity contribution in [3.63, 3.8) is 0 Å². The fourth-order valence-corrected chi connectivity index (χ4v) is 15.8. The van der Waals surface area contributed by atoms with Crippen molar-refractivity contribution in [3.8, 4) is 33.6 Å². The molecule has 10 aromatic rings. The van der Waals surface area contributed by atoms with Gasteiger partial charge in [0.15, 0.2) is 0 Å². The van der Waals surface area contributed by atoms with Gasteiger partial charge in [-0.3, -0.25) is 0 Å². The second-order valence-electron chi connectivity index (χ2n) is 23.4. The number of fused-ring (bicyclic) bond motifs is 10. The molecule has 0 saturated heterocycles. The molecule has 73 heavy (non-hydrogen) atoms. The molecular formula is C68H62BN3Se. The van der Waals surface area contributed by atoms with Crippen LogP contribution in [-0.4, -0.2) is 30.8 Å². The van der Waals surface area contributed by atoms with Crippen LogP contribution >= 0.6 is 0 Å². The van der Waals surface area contributed by atoms with Crippen molar-refractivity contribution in [2.45, 2.75) is 104 Å². The Morgan fingerprint density at radius 2 is 0.932 bits per heavy atom. The van der Waals surface area contributed by atoms with Gasteiger partial charge in [-0.1, -0.05) is 0 Å². The number of aryl methyl sites for hydroxylation is 2. The quantitative estimate of drug-likeness (QED) is 0.157. The molecule has 0 atom stereocenters. The van der Waals surface area contributed by atoms with Crippen molar-refractivity contribution in [2.75, 3.05) is 4.90 Å². The molecule has 5 heteroatoms. The zero-order valence-corrected chi connectivity index (χ0v) is 44.9. The number of anilines is 3. The molecule has 14 rings (SSSR count). The summed E-state index contributed by atoms with van der Waals surface area (Å²) in [5, 5.41) is 2.84. The summed E-state index contributed by atoms with van der Waals surface area (Å²) in [4.78, 5) is 2.76. The van der Waals surface area contributed by atoms with E-state index < -0.39 is 0 Å². The van der Waals surface area contributed by atoms with E-state index in [1.807, 2.05) is 0 Å². The maximum absolute atomic E-state index is 2.76. The Morgan fingerprint density at radius 3 is 1.49 bits per heavy atom. The SMILES string of the molecule is CC(C)(C)c1cc(-c2ccccc2)c(N2c3cc(-n4c5c(c6ccccc64)CCCC5)ccc3B3c4ccc(-n5c6c(c7ccccc75)CCCC6)cc4[Se]c4cc(C(C)(C)C)cc2c43)c(-c2ccccc2)c1. The van der Waals surface area contributed by atoms with Crippen LogP contribution in [0.25, 0.3) is 55.4 Å². The van der Waals surface area contributed by atoms with Gasteiger partial charge in [-0.15, -0.1) is 0 Å². The zero-order chi connectivity index (χ0) is 49.3. The van der Waals surface area contributed by atoms with Gasteiger partial charge in [-0.25, -0.2) is 0 Å². The molecule has 3 nitrogen and oxygen atoms in total. The molecule has 0 radical (unpaired) electrons. The van der Waals surface area contributed by atoms with Gasteiger partial charge in [0.1, 0.15) is 0 Å². The summed E-state index contributed by atoms with van der Waals surface area (Å²) in [6.45, 7) is 14.4. The van der Waals surface area contributed by atoms with Gasteiger partial charge in [-0.05, 0) is 0 Å². The first-order chi connectivity index (χ1) is 35.5. The third-order valence-electron chi connectivity index (χ3n) is 16.9. The molecule has 358 valence electrons. The van der Waals surface area contributed by atoms with Crippen LogP contribution in [0.15, 0.2) is 170 Å². The first kappa shape index (κ1) is 44.9. The number of hydrogen-bond donors (Lipinski definition) is 0. The number of nitrogens with zero attached hydrogens (tertiary/aromatic N) is 3. The molecule has 2 aliphatic carbocycles. The summed E-state index contributed by atoms with van der Waals surface area (Å²) >= 11 is 0.0586. The van der Waals surface area contributed by atoms with Crippen molar-refractivity contribution in [2.24, 2.45) is 0 Å². The predicted octanol–water partition coefficient (Wildman–Crippen LogP) is 13.5. The normalized spacial score (nSPS) is 15.0. The molecule has 0 bridgehead atoms. The Bertz CT molecular complexity index is 3800. The summed E-state index contributed by atoms with van der Waals surface area (Å²) in [6, 6.07) is 66.3. The van der Waals surface area contributed by atoms with Crippen molar-refractivity contribution in [3.05, 3.63) is 203 Å². The second kappa shape index (κ2) is 16.9. The van der Waals surface area contributed by atoms with E-state index in [2.05, 4.69) is 225 Å². The number of hydrogen-bond acceptors (Lipinski definition) is 1. The molecule has 2 aromatic heterocycles. The Hall–Kier alpha value is -6.78. The van der Waals surface area contributed by atoms with Crippen LogP contribution in [0.2, 0.25) is 0 Å². The number of rotatable bonds is 5. The summed E-state index contributed by atoms with van der Waals surface area (Å²) in [7, 11) is 0. The zero-order valence-electron chi connectivity index (χ0n) is 43.1. The van der Waals surface area contributed by atoms with Crippen molar-refractivity contribution in [1.29, 1.82) is 0 Å². The Kier molecular flexibility index (Phi) is 10.4. The summed E-state index contributed by atoms with van der Waals surface area (Å²) in [5.74, 6) is 0. The number of aromatic nitrogens is 2. The van der Waals surface area contributed by atoms with E-state index in [9.17, 15) is 0 Å². The molecule has 0 spiro atoms. The van der Waals surface area contributed by atoms with E-state index in [1.54, 1.807) is 5.56 Å². The van der Waals surface area contributed by atoms with Crippen LogP contribution < -0.4 is 30.2 Å². The molecule has 2 aliphatic heterocycles. The summed E-state index contributed by atoms with van der Waals surface area (Å²) < 4.78 is 8.28. The molecule has 0 fully saturated rings. The van der Waals surface area contributed by atoms with E-state index in [-0.39, 0.29) is 32.5 Å². The Balaban J connectivity index is 1.09. The van der Waals surface area contributed by atoms with E-state index in [0.717, 1.165) is 19.3 Å². The third-order valence-corrected chi connectivity index (χ3v) is 19.2. The number of benzene rings is 8. The van der Waals surface area contributed by atoms with E-state index in [0.29, 0.717) is 0 Å². The average Bonchev–Trinajstić information content (AvgIpc) is 3.93. The molecule has 4 heterocycles. The van der Waals surface area contributed by atoms with Crippen LogP contribution in [0.1, 0.15) is 101 Å². The van der Waals surface area contributed by atoms with E-state index in [1.165, 1.54) is 158 Å². The topological polar surface area (TPSA) is 13.1 Å². The van der Waals surface area contributed by atoms with Gasteiger partial charge in [-0.2, -0.15) is 0 Å². The second-order valence-corrected chi connectivity index (χ2v) is 25.6. The van der Waals surface area contributed by atoms with Gasteiger partial charge >= 0.3 is 441 Å². The first-order valence-electron chi connectivity index (χ1n) is 27.0. The average molecular weight is 1010 g/mol. The monoisotopic (exact) mass is 1010 g/mol. The molecule has 0 N–H and O–H groups in total. The van der Waals surface area contributed by atoms with Gasteiger partial charge in [0.25, 0.3) is 0 Å². The van der Waals surface area contributed by atoms with Crippen molar-refractivity contribution >= 4 is 85.8 Å². The predicted molar refractivity (Wildman–Crippen MR) is 312 cm³/mol. The third kappa shape index (κ3) is 7.13. The molecular weight excluding hydrogens is 949 g/mol. The maximum atomic E-state index is 2.76. The van der Waals surface area contributed by atoms with Crippen LogP contribution in [0.4, 0.5) is 17.1 Å². The minimum absolute atomic E-state index is 0.0586. The van der Waals surface area contributed by atoms with Crippen LogP contribution in [0, 0.1) is 0 Å². The molecule has 8 aromatic carbocycles. The van der Waals surface area contributed by atoms with Gasteiger partial charge < -0.3 is 0 Å². The number of para-hydroxylation sites is 2. The van der Waals surface area contributed by atoms with Crippen molar-refractivity contribution < 1.29 is 0 Å². The van der Waals surface area contributed by atoms with Crippen LogP contribution in [0.3, 0.4) is 0 Å².